The third-order valence-electron chi connectivity index (χ3n) is 10.0. The topological polar surface area (TPSA) is 107 Å². The fraction of sp³-hybridized carbons (Fsp3) is 0.250. The van der Waals surface area contributed by atoms with Crippen molar-refractivity contribution in [3.63, 3.8) is 0 Å². The largest absolute Gasteiger partial charge is 0.345 e. The van der Waals surface area contributed by atoms with Crippen LogP contribution in [0.1, 0.15) is 11.1 Å². The molecule has 2 aliphatic heterocycles. The van der Waals surface area contributed by atoms with Gasteiger partial charge < -0.3 is 9.80 Å². The summed E-state index contributed by atoms with van der Waals surface area (Å²) in [6, 6.07) is 20.6. The van der Waals surface area contributed by atoms with Gasteiger partial charge in [0, 0.05) is 84.3 Å². The van der Waals surface area contributed by atoms with E-state index in [2.05, 4.69) is 52.2 Å². The van der Waals surface area contributed by atoms with Crippen molar-refractivity contribution in [1.29, 1.82) is 0 Å². The van der Waals surface area contributed by atoms with E-state index in [1.54, 1.807) is 29.5 Å². The number of hydrogen-bond acceptors (Lipinski definition) is 10. The van der Waals surface area contributed by atoms with Crippen LogP contribution in [0.15, 0.2) is 93.3 Å². The van der Waals surface area contributed by atoms with Gasteiger partial charge in [-0.15, -0.1) is 22.7 Å². The van der Waals surface area contributed by atoms with Gasteiger partial charge in [-0.3, -0.25) is 0 Å². The second-order valence-electron chi connectivity index (χ2n) is 13.9. The molecule has 2 aliphatic rings. The van der Waals surface area contributed by atoms with Crippen LogP contribution in [-0.2, 0) is 20.0 Å². The number of anilines is 2. The lowest BCUT2D eigenvalue weighted by molar-refractivity contribution is 0.384. The summed E-state index contributed by atoms with van der Waals surface area (Å²) in [5, 5.41) is 7.78. The van der Waals surface area contributed by atoms with Crippen molar-refractivity contribution < 1.29 is 16.8 Å². The van der Waals surface area contributed by atoms with Crippen LogP contribution < -0.4 is 9.80 Å². The number of rotatable bonds is 8. The predicted molar refractivity (Wildman–Crippen MR) is 249 cm³/mol. The van der Waals surface area contributed by atoms with Gasteiger partial charge in [-0.25, -0.2) is 26.8 Å². The summed E-state index contributed by atoms with van der Waals surface area (Å²) in [6.07, 6.45) is 0. The fourth-order valence-corrected chi connectivity index (χ4v) is 12.9. The zero-order valence-electron chi connectivity index (χ0n) is 32.0. The minimum Gasteiger partial charge on any atom is -0.345 e. The molecule has 4 heterocycles. The Kier molecular flexibility index (Phi) is 14.3. The number of hydrogen-bond donors (Lipinski definition) is 0. The molecule has 2 fully saturated rings. The minimum atomic E-state index is -3.69. The van der Waals surface area contributed by atoms with Crippen LogP contribution in [0.4, 0.5) is 10.3 Å². The minimum absolute atomic E-state index is 0.0677. The highest BCUT2D eigenvalue weighted by Gasteiger charge is 2.32. The predicted octanol–water partition coefficient (Wildman–Crippen LogP) is 11.2. The van der Waals surface area contributed by atoms with E-state index >= 15 is 0 Å². The smallest absolute Gasteiger partial charge is 0.244 e. The number of sulfonamides is 2. The normalized spacial score (nSPS) is 15.5. The molecule has 316 valence electrons. The third kappa shape index (κ3) is 10.1. The first-order valence-corrected chi connectivity index (χ1v) is 25.3. The summed E-state index contributed by atoms with van der Waals surface area (Å²) in [5.74, 6) is 0. The molecule has 60 heavy (non-hydrogen) atoms. The molecule has 0 radical (unpaired) electrons. The number of benzene rings is 4. The summed E-state index contributed by atoms with van der Waals surface area (Å²) in [4.78, 5) is 13.8. The van der Waals surface area contributed by atoms with Crippen molar-refractivity contribution in [2.75, 3.05) is 62.2 Å². The molecular weight excluding hydrogens is 969 g/mol. The first-order chi connectivity index (χ1) is 28.5. The van der Waals surface area contributed by atoms with Crippen LogP contribution in [0.25, 0.3) is 22.5 Å². The van der Waals surface area contributed by atoms with Crippen LogP contribution >= 0.6 is 92.3 Å². The molecule has 20 heteroatoms. The molecule has 0 unspecified atom stereocenters. The second kappa shape index (κ2) is 19.0. The van der Waals surface area contributed by atoms with Crippen LogP contribution in [0.5, 0.6) is 0 Å². The van der Waals surface area contributed by atoms with Gasteiger partial charge >= 0.3 is 0 Å². The molecule has 0 aliphatic carbocycles. The van der Waals surface area contributed by atoms with Crippen molar-refractivity contribution in [2.45, 2.75) is 23.6 Å². The summed E-state index contributed by atoms with van der Waals surface area (Å²) in [5.41, 5.74) is 6.22. The summed E-state index contributed by atoms with van der Waals surface area (Å²) in [6.45, 7) is 7.81. The van der Waals surface area contributed by atoms with Crippen molar-refractivity contribution in [3.8, 4) is 22.5 Å². The SMILES string of the molecule is Cc1ccc(-c2csc(N3CCN(S(=O)(=O)c4ccc(Cl)cc4Cl)CC3)n2)cc1C.O=S(=O)(c1ccc(Cl)cc1Cl)N1CCN(c2nc(-c3ccc(Cl)c(Cl)c3)cs2)CC1. The van der Waals surface area contributed by atoms with Crippen LogP contribution in [0.2, 0.25) is 30.1 Å². The third-order valence-corrected chi connectivity index (χ3v) is 17.8. The standard InChI is InChI=1S/C21H21Cl2N3O2S2.C19H15Cl4N3O2S2/c1-14-3-4-16(11-15(14)2)19-13-29-21(24-19)25-7-9-26(10-8-25)30(27,28)20-6-5-17(22)12-18(20)23;20-13-2-4-18(16(23)10-13)30(27,28)26-7-5-25(6-8-26)19-24-17(11-29-19)12-1-3-14(21)15(22)9-12/h3-6,11-13H,7-10H2,1-2H3;1-4,9-11H,5-8H2. The molecule has 0 N–H and O–H groups in total. The lowest BCUT2D eigenvalue weighted by atomic mass is 10.1. The highest BCUT2D eigenvalue weighted by molar-refractivity contribution is 7.89. The maximum Gasteiger partial charge on any atom is 0.244 e. The molecule has 8 rings (SSSR count). The number of nitrogens with zero attached hydrogens (tertiary/aromatic N) is 6. The molecule has 2 saturated heterocycles. The Morgan fingerprint density at radius 3 is 1.33 bits per heavy atom. The Bertz CT molecular complexity index is 2570. The Labute approximate surface area is 387 Å². The van der Waals surface area contributed by atoms with Gasteiger partial charge in [0.2, 0.25) is 20.0 Å². The van der Waals surface area contributed by atoms with Gasteiger partial charge in [0.1, 0.15) is 9.79 Å². The van der Waals surface area contributed by atoms with Gasteiger partial charge in [-0.2, -0.15) is 8.61 Å². The Balaban J connectivity index is 0.000000181. The van der Waals surface area contributed by atoms with E-state index in [0.717, 1.165) is 32.8 Å². The molecule has 2 aromatic heterocycles. The zero-order valence-corrected chi connectivity index (χ0v) is 39.8. The van der Waals surface area contributed by atoms with E-state index in [1.165, 1.54) is 61.4 Å². The van der Waals surface area contributed by atoms with Crippen LogP contribution in [-0.4, -0.2) is 87.8 Å². The first-order valence-electron chi connectivity index (χ1n) is 18.4. The van der Waals surface area contributed by atoms with Crippen LogP contribution in [0, 0.1) is 13.8 Å². The van der Waals surface area contributed by atoms with Crippen LogP contribution in [0.3, 0.4) is 0 Å². The molecule has 0 bridgehead atoms. The summed E-state index contributed by atoms with van der Waals surface area (Å²) < 4.78 is 54.8. The van der Waals surface area contributed by atoms with E-state index in [9.17, 15) is 16.8 Å². The van der Waals surface area contributed by atoms with Gasteiger partial charge in [0.25, 0.3) is 0 Å². The Hall–Kier alpha value is -2.70. The van der Waals surface area contributed by atoms with E-state index < -0.39 is 20.0 Å². The van der Waals surface area contributed by atoms with Crippen molar-refractivity contribution in [2.24, 2.45) is 0 Å². The molecule has 0 saturated carbocycles. The second-order valence-corrected chi connectivity index (χ2v) is 21.9. The van der Waals surface area contributed by atoms with E-state index in [1.807, 2.05) is 11.4 Å². The summed E-state index contributed by atoms with van der Waals surface area (Å²) in [7, 11) is -7.35. The van der Waals surface area contributed by atoms with E-state index in [0.29, 0.717) is 72.4 Å². The number of piperazine rings is 2. The highest BCUT2D eigenvalue weighted by atomic mass is 35.5. The number of halogens is 6. The van der Waals surface area contributed by atoms with Crippen molar-refractivity contribution >= 4 is 123 Å². The number of aromatic nitrogens is 2. The molecule has 10 nitrogen and oxygen atoms in total. The molecule has 0 spiro atoms. The average Bonchev–Trinajstić information content (AvgIpc) is 3.92. The van der Waals surface area contributed by atoms with E-state index in [-0.39, 0.29) is 19.8 Å². The molecule has 0 amide bonds. The summed E-state index contributed by atoms with van der Waals surface area (Å²) >= 11 is 39.2. The highest BCUT2D eigenvalue weighted by Crippen LogP contribution is 2.35. The van der Waals surface area contributed by atoms with Crippen molar-refractivity contribution in [1.82, 2.24) is 18.6 Å². The number of aryl methyl sites for hydroxylation is 2. The van der Waals surface area contributed by atoms with Gasteiger partial charge in [0.05, 0.1) is 31.5 Å². The Morgan fingerprint density at radius 1 is 0.483 bits per heavy atom. The monoisotopic (exact) mass is 1000 g/mol. The maximum atomic E-state index is 13.0. The van der Waals surface area contributed by atoms with Gasteiger partial charge in [0.15, 0.2) is 10.3 Å². The fourth-order valence-electron chi connectivity index (χ4n) is 6.53. The zero-order chi connectivity index (χ0) is 42.9. The lowest BCUT2D eigenvalue weighted by Crippen LogP contribution is -2.48. The molecule has 4 aromatic carbocycles. The first kappa shape index (κ1) is 45.3. The van der Waals surface area contributed by atoms with Gasteiger partial charge in [-0.05, 0) is 79.6 Å². The molecule has 6 aromatic rings. The lowest BCUT2D eigenvalue weighted by Gasteiger charge is -2.33. The maximum absolute atomic E-state index is 13.0. The number of thiazole rings is 2. The van der Waals surface area contributed by atoms with E-state index in [4.69, 9.17) is 74.6 Å². The van der Waals surface area contributed by atoms with Crippen molar-refractivity contribution in [3.05, 3.63) is 125 Å². The molecule has 0 atom stereocenters. The quantitative estimate of drug-likeness (QED) is 0.148. The van der Waals surface area contributed by atoms with Gasteiger partial charge in [-0.1, -0.05) is 87.8 Å². The molecular formula is C40H36Cl6N6O4S4. The Morgan fingerprint density at radius 2 is 0.917 bits per heavy atom. The average molecular weight is 1010 g/mol.